The van der Waals surface area contributed by atoms with Crippen LogP contribution in [-0.4, -0.2) is 34.5 Å². The highest BCUT2D eigenvalue weighted by molar-refractivity contribution is 14.1. The van der Waals surface area contributed by atoms with Crippen molar-refractivity contribution in [2.75, 3.05) is 0 Å². The number of hydrogen-bond acceptors (Lipinski definition) is 5. The van der Waals surface area contributed by atoms with Gasteiger partial charge in [-0.25, -0.2) is 0 Å². The van der Waals surface area contributed by atoms with Crippen LogP contribution in [0.15, 0.2) is 46.2 Å². The Labute approximate surface area is 162 Å². The van der Waals surface area contributed by atoms with Gasteiger partial charge in [0, 0.05) is 18.0 Å². The van der Waals surface area contributed by atoms with Gasteiger partial charge in [0.2, 0.25) is 5.78 Å². The first-order valence-electron chi connectivity index (χ1n) is 7.65. The molecule has 2 rings (SSSR count). The van der Waals surface area contributed by atoms with Crippen molar-refractivity contribution >= 4 is 34.6 Å². The highest BCUT2D eigenvalue weighted by Gasteiger charge is 2.37. The summed E-state index contributed by atoms with van der Waals surface area (Å²) >= 11 is 1.86. The lowest BCUT2D eigenvalue weighted by Gasteiger charge is -2.31. The van der Waals surface area contributed by atoms with Crippen molar-refractivity contribution in [3.63, 3.8) is 0 Å². The standard InChI is InChI=1S/C17H17F3IN3O2/c1-3-9(2)14(15(26)10-4-5-13(25)12(21)6-10)24-8-11(17(18,19)20)7-23-16(24)22/h4-8,16,25H,3,22H2,1-2H3/b14-9+. The number of aromatic hydroxyl groups is 1. The Morgan fingerprint density at radius 1 is 1.42 bits per heavy atom. The van der Waals surface area contributed by atoms with Crippen molar-refractivity contribution in [1.82, 2.24) is 4.90 Å². The van der Waals surface area contributed by atoms with Gasteiger partial charge in [0.05, 0.1) is 14.8 Å². The summed E-state index contributed by atoms with van der Waals surface area (Å²) in [5.41, 5.74) is 5.69. The normalized spacial score (nSPS) is 18.5. The van der Waals surface area contributed by atoms with E-state index in [1.54, 1.807) is 13.8 Å². The molecule has 0 bridgehead atoms. The number of rotatable bonds is 4. The van der Waals surface area contributed by atoms with E-state index < -0.39 is 23.8 Å². The van der Waals surface area contributed by atoms with Gasteiger partial charge in [-0.3, -0.25) is 15.5 Å². The Kier molecular flexibility index (Phi) is 6.12. The molecule has 1 aliphatic heterocycles. The fraction of sp³-hybridized carbons (Fsp3) is 0.294. The second kappa shape index (κ2) is 7.78. The van der Waals surface area contributed by atoms with Crippen molar-refractivity contribution < 1.29 is 23.1 Å². The van der Waals surface area contributed by atoms with Gasteiger partial charge in [-0.15, -0.1) is 0 Å². The molecule has 9 heteroatoms. The maximum Gasteiger partial charge on any atom is 0.419 e. The summed E-state index contributed by atoms with van der Waals surface area (Å²) in [6.07, 6.45) is -3.84. The Morgan fingerprint density at radius 3 is 2.62 bits per heavy atom. The van der Waals surface area contributed by atoms with Crippen LogP contribution in [-0.2, 0) is 0 Å². The Morgan fingerprint density at radius 2 is 2.08 bits per heavy atom. The zero-order valence-electron chi connectivity index (χ0n) is 14.0. The van der Waals surface area contributed by atoms with E-state index in [0.29, 0.717) is 21.8 Å². The SMILES string of the molecule is CC/C(C)=C(\C(=O)c1ccc(O)c(I)c1)N1C=C(C(F)(F)F)C=NC1N. The third-order valence-corrected chi connectivity index (χ3v) is 4.74. The van der Waals surface area contributed by atoms with Gasteiger partial charge in [-0.05, 0) is 59.7 Å². The number of alkyl halides is 3. The number of benzene rings is 1. The summed E-state index contributed by atoms with van der Waals surface area (Å²) < 4.78 is 39.6. The molecule has 1 aromatic carbocycles. The molecule has 1 aromatic rings. The van der Waals surface area contributed by atoms with Gasteiger partial charge < -0.3 is 10.0 Å². The third-order valence-electron chi connectivity index (χ3n) is 3.87. The molecule has 1 unspecified atom stereocenters. The van der Waals surface area contributed by atoms with Crippen LogP contribution >= 0.6 is 22.6 Å². The van der Waals surface area contributed by atoms with E-state index in [1.807, 2.05) is 22.6 Å². The lowest BCUT2D eigenvalue weighted by Crippen LogP contribution is -2.42. The molecule has 0 radical (unpaired) electrons. The number of aliphatic imine (C=N–C) groups is 1. The van der Waals surface area contributed by atoms with E-state index in [9.17, 15) is 23.1 Å². The van der Waals surface area contributed by atoms with E-state index >= 15 is 0 Å². The molecule has 0 fully saturated rings. The number of phenolic OH excluding ortho intramolecular Hbond substituents is 1. The highest BCUT2D eigenvalue weighted by Crippen LogP contribution is 2.31. The average Bonchev–Trinajstić information content (AvgIpc) is 2.57. The van der Waals surface area contributed by atoms with Crippen molar-refractivity contribution in [2.24, 2.45) is 10.7 Å². The van der Waals surface area contributed by atoms with Crippen molar-refractivity contribution in [3.8, 4) is 5.75 Å². The Bertz CT molecular complexity index is 816. The van der Waals surface area contributed by atoms with E-state index in [2.05, 4.69) is 4.99 Å². The molecule has 1 heterocycles. The van der Waals surface area contributed by atoms with Crippen LogP contribution in [0.2, 0.25) is 0 Å². The predicted molar refractivity (Wildman–Crippen MR) is 101 cm³/mol. The zero-order chi connectivity index (χ0) is 19.6. The number of halogens is 4. The van der Waals surface area contributed by atoms with Gasteiger partial charge >= 0.3 is 6.18 Å². The van der Waals surface area contributed by atoms with Gasteiger partial charge in [0.25, 0.3) is 0 Å². The second-order valence-corrected chi connectivity index (χ2v) is 6.82. The predicted octanol–water partition coefficient (Wildman–Crippen LogP) is 3.94. The van der Waals surface area contributed by atoms with Gasteiger partial charge in [0.15, 0.2) is 6.29 Å². The minimum atomic E-state index is -4.61. The van der Waals surface area contributed by atoms with Crippen molar-refractivity contribution in [3.05, 3.63) is 50.4 Å². The molecule has 0 saturated carbocycles. The summed E-state index contributed by atoms with van der Waals surface area (Å²) in [4.78, 5) is 17.7. The fourth-order valence-corrected chi connectivity index (χ4v) is 2.83. The third kappa shape index (κ3) is 4.26. The molecule has 26 heavy (non-hydrogen) atoms. The lowest BCUT2D eigenvalue weighted by atomic mass is 10.0. The van der Waals surface area contributed by atoms with Crippen LogP contribution in [0.1, 0.15) is 30.6 Å². The molecule has 3 N–H and O–H groups in total. The number of ketones is 1. The van der Waals surface area contributed by atoms with E-state index in [1.165, 1.54) is 18.2 Å². The first-order chi connectivity index (χ1) is 12.1. The molecule has 0 aromatic heterocycles. The second-order valence-electron chi connectivity index (χ2n) is 5.66. The molecule has 0 aliphatic carbocycles. The summed E-state index contributed by atoms with van der Waals surface area (Å²) in [7, 11) is 0. The van der Waals surface area contributed by atoms with Crippen molar-refractivity contribution in [1.29, 1.82) is 0 Å². The number of carbonyl (C=O) groups excluding carboxylic acids is 1. The maximum atomic E-state index is 13.1. The number of carbonyl (C=O) groups is 1. The minimum absolute atomic E-state index is 0.0124. The molecule has 0 saturated heterocycles. The number of allylic oxidation sites excluding steroid dienone is 3. The van der Waals surface area contributed by atoms with E-state index in [4.69, 9.17) is 5.73 Å². The molecule has 1 aliphatic rings. The monoisotopic (exact) mass is 479 g/mol. The van der Waals surface area contributed by atoms with Crippen LogP contribution in [0.3, 0.4) is 0 Å². The first-order valence-corrected chi connectivity index (χ1v) is 8.73. The number of phenols is 1. The quantitative estimate of drug-likeness (QED) is 0.390. The molecule has 0 spiro atoms. The number of hydrogen-bond donors (Lipinski definition) is 2. The lowest BCUT2D eigenvalue weighted by molar-refractivity contribution is -0.0870. The largest absolute Gasteiger partial charge is 0.507 e. The van der Waals surface area contributed by atoms with Crippen LogP contribution in [0.5, 0.6) is 5.75 Å². The topological polar surface area (TPSA) is 78.9 Å². The van der Waals surface area contributed by atoms with Crippen LogP contribution < -0.4 is 5.73 Å². The number of Topliss-reactive ketones (excluding diaryl/α,β-unsaturated/α-hetero) is 1. The molecule has 140 valence electrons. The molecule has 1 atom stereocenters. The van der Waals surface area contributed by atoms with Gasteiger partial charge in [-0.1, -0.05) is 6.92 Å². The number of nitrogens with zero attached hydrogens (tertiary/aromatic N) is 2. The van der Waals surface area contributed by atoms with Gasteiger partial charge in [-0.2, -0.15) is 13.2 Å². The summed E-state index contributed by atoms with van der Waals surface area (Å²) in [5.74, 6) is -0.481. The number of nitrogens with two attached hydrogens (primary N) is 1. The van der Waals surface area contributed by atoms with Crippen LogP contribution in [0, 0.1) is 3.57 Å². The van der Waals surface area contributed by atoms with Gasteiger partial charge in [0.1, 0.15) is 5.75 Å². The van der Waals surface area contributed by atoms with Crippen LogP contribution in [0.4, 0.5) is 13.2 Å². The highest BCUT2D eigenvalue weighted by atomic mass is 127. The summed E-state index contributed by atoms with van der Waals surface area (Å²) in [6.45, 7) is 3.45. The average molecular weight is 479 g/mol. The summed E-state index contributed by atoms with van der Waals surface area (Å²) in [6, 6.07) is 4.24. The van der Waals surface area contributed by atoms with Crippen LogP contribution in [0.25, 0.3) is 0 Å². The zero-order valence-corrected chi connectivity index (χ0v) is 16.2. The smallest absolute Gasteiger partial charge is 0.419 e. The first kappa shape index (κ1) is 20.4. The Balaban J connectivity index is 2.55. The summed E-state index contributed by atoms with van der Waals surface area (Å²) in [5, 5.41) is 9.62. The maximum absolute atomic E-state index is 13.1. The molecule has 0 amide bonds. The minimum Gasteiger partial charge on any atom is -0.507 e. The Hall–Kier alpha value is -1.88. The van der Waals surface area contributed by atoms with E-state index in [-0.39, 0.29) is 17.0 Å². The molecule has 5 nitrogen and oxygen atoms in total. The fourth-order valence-electron chi connectivity index (χ4n) is 2.31. The van der Waals surface area contributed by atoms with Crippen molar-refractivity contribution in [2.45, 2.75) is 32.7 Å². The molecular weight excluding hydrogens is 462 g/mol. The van der Waals surface area contributed by atoms with E-state index in [0.717, 1.165) is 11.1 Å². The molecular formula is C17H17F3IN3O2.